The van der Waals surface area contributed by atoms with E-state index in [0.717, 1.165) is 47.5 Å². The first-order valence-corrected chi connectivity index (χ1v) is 11.9. The van der Waals surface area contributed by atoms with Crippen LogP contribution in [-0.2, 0) is 9.47 Å². The molecule has 0 aliphatic heterocycles. The number of esters is 1. The minimum absolute atomic E-state index is 0.301. The molecule has 2 aromatic rings. The smallest absolute Gasteiger partial charge is 0.338 e. The molecule has 0 saturated heterocycles. The average molecular weight is 455 g/mol. The van der Waals surface area contributed by atoms with Crippen molar-refractivity contribution in [2.24, 2.45) is 0 Å². The van der Waals surface area contributed by atoms with Crippen molar-refractivity contribution in [2.75, 3.05) is 45.9 Å². The zero-order valence-corrected chi connectivity index (χ0v) is 20.6. The van der Waals surface area contributed by atoms with Crippen LogP contribution in [0.4, 0.5) is 5.69 Å². The zero-order valence-electron chi connectivity index (χ0n) is 20.6. The van der Waals surface area contributed by atoms with Gasteiger partial charge in [-0.05, 0) is 87.5 Å². The topological polar surface area (TPSA) is 60.0 Å². The first-order chi connectivity index (χ1) is 16.0. The van der Waals surface area contributed by atoms with E-state index in [9.17, 15) is 4.79 Å². The van der Waals surface area contributed by atoms with Gasteiger partial charge in [0.05, 0.1) is 19.3 Å². The van der Waals surface area contributed by atoms with Gasteiger partial charge in [-0.1, -0.05) is 12.1 Å². The minimum Gasteiger partial charge on any atom is -0.491 e. The SMILES string of the molecule is CCN(c1cc(-c2ccc(OCCOC)cc2)cc(C(=O)OC)c1C)C1CCC(NC)CC1. The summed E-state index contributed by atoms with van der Waals surface area (Å²) >= 11 is 0. The molecular weight excluding hydrogens is 416 g/mol. The Morgan fingerprint density at radius 3 is 2.30 bits per heavy atom. The highest BCUT2D eigenvalue weighted by Gasteiger charge is 2.27. The van der Waals surface area contributed by atoms with Gasteiger partial charge in [-0.25, -0.2) is 4.79 Å². The van der Waals surface area contributed by atoms with Gasteiger partial charge in [-0.3, -0.25) is 0 Å². The summed E-state index contributed by atoms with van der Waals surface area (Å²) in [7, 11) is 5.15. The van der Waals surface area contributed by atoms with Crippen molar-refractivity contribution in [3.63, 3.8) is 0 Å². The highest BCUT2D eigenvalue weighted by molar-refractivity contribution is 5.95. The quantitative estimate of drug-likeness (QED) is 0.410. The van der Waals surface area contributed by atoms with E-state index in [-0.39, 0.29) is 5.97 Å². The molecule has 180 valence electrons. The Kier molecular flexibility index (Phi) is 9.15. The average Bonchev–Trinajstić information content (AvgIpc) is 2.86. The minimum atomic E-state index is -0.301. The standard InChI is InChI=1S/C27H38N2O4/c1-6-29(23-11-9-22(28-3)10-12-23)26-18-21(17-25(19(26)2)27(30)32-5)20-7-13-24(14-8-20)33-16-15-31-4/h7-8,13-14,17-18,22-23,28H,6,9-12,15-16H2,1-5H3. The molecule has 0 bridgehead atoms. The molecule has 1 fully saturated rings. The second-order valence-electron chi connectivity index (χ2n) is 8.61. The molecule has 0 amide bonds. The number of carbonyl (C=O) groups is 1. The number of nitrogens with one attached hydrogen (secondary N) is 1. The van der Waals surface area contributed by atoms with Crippen LogP contribution in [0, 0.1) is 6.92 Å². The molecule has 0 aromatic heterocycles. The Morgan fingerprint density at radius 1 is 1.03 bits per heavy atom. The molecule has 0 radical (unpaired) electrons. The van der Waals surface area contributed by atoms with Gasteiger partial charge in [-0.15, -0.1) is 0 Å². The molecule has 6 heteroatoms. The van der Waals surface area contributed by atoms with E-state index in [4.69, 9.17) is 14.2 Å². The molecule has 6 nitrogen and oxygen atoms in total. The number of benzene rings is 2. The number of rotatable bonds is 10. The number of methoxy groups -OCH3 is 2. The molecule has 33 heavy (non-hydrogen) atoms. The molecule has 0 atom stereocenters. The summed E-state index contributed by atoms with van der Waals surface area (Å²) in [5, 5.41) is 3.42. The molecule has 3 rings (SSSR count). The number of anilines is 1. The number of hydrogen-bond acceptors (Lipinski definition) is 6. The van der Waals surface area contributed by atoms with Gasteiger partial charge in [0.2, 0.25) is 0 Å². The second kappa shape index (κ2) is 12.1. The first kappa shape index (κ1) is 25.1. The summed E-state index contributed by atoms with van der Waals surface area (Å²) in [5.74, 6) is 0.498. The maximum absolute atomic E-state index is 12.7. The van der Waals surface area contributed by atoms with Gasteiger partial charge < -0.3 is 24.4 Å². The molecular formula is C27H38N2O4. The summed E-state index contributed by atoms with van der Waals surface area (Å²) in [6.45, 7) is 6.18. The Bertz CT molecular complexity index is 905. The zero-order chi connectivity index (χ0) is 23.8. The van der Waals surface area contributed by atoms with Crippen molar-refractivity contribution in [3.8, 4) is 16.9 Å². The van der Waals surface area contributed by atoms with Gasteiger partial charge in [0.25, 0.3) is 0 Å². The Balaban J connectivity index is 1.95. The Hall–Kier alpha value is -2.57. The number of ether oxygens (including phenoxy) is 3. The Labute approximate surface area is 198 Å². The fourth-order valence-corrected chi connectivity index (χ4v) is 4.77. The maximum atomic E-state index is 12.7. The van der Waals surface area contributed by atoms with Crippen LogP contribution in [0.15, 0.2) is 36.4 Å². The van der Waals surface area contributed by atoms with Crippen LogP contribution < -0.4 is 15.0 Å². The molecule has 1 saturated carbocycles. The van der Waals surface area contributed by atoms with E-state index >= 15 is 0 Å². The van der Waals surface area contributed by atoms with E-state index in [1.807, 2.05) is 44.3 Å². The summed E-state index contributed by atoms with van der Waals surface area (Å²) in [4.78, 5) is 15.1. The van der Waals surface area contributed by atoms with E-state index in [0.29, 0.717) is 30.9 Å². The van der Waals surface area contributed by atoms with E-state index in [1.54, 1.807) is 7.11 Å². The van der Waals surface area contributed by atoms with Gasteiger partial charge in [0.1, 0.15) is 12.4 Å². The normalized spacial score (nSPS) is 18.1. The van der Waals surface area contributed by atoms with Crippen LogP contribution in [0.25, 0.3) is 11.1 Å². The van der Waals surface area contributed by atoms with Crippen molar-refractivity contribution < 1.29 is 19.0 Å². The van der Waals surface area contributed by atoms with Crippen molar-refractivity contribution in [3.05, 3.63) is 47.5 Å². The van der Waals surface area contributed by atoms with Gasteiger partial charge in [0, 0.05) is 31.4 Å². The van der Waals surface area contributed by atoms with Gasteiger partial charge in [-0.2, -0.15) is 0 Å². The third kappa shape index (κ3) is 6.06. The fourth-order valence-electron chi connectivity index (χ4n) is 4.77. The third-order valence-corrected chi connectivity index (χ3v) is 6.73. The predicted octanol–water partition coefficient (Wildman–Crippen LogP) is 4.83. The fraction of sp³-hybridized carbons (Fsp3) is 0.519. The number of nitrogens with zero attached hydrogens (tertiary/aromatic N) is 1. The summed E-state index contributed by atoms with van der Waals surface area (Å²) in [6.07, 6.45) is 4.63. The number of carbonyl (C=O) groups excluding carboxylic acids is 1. The molecule has 1 aliphatic carbocycles. The van der Waals surface area contributed by atoms with Gasteiger partial charge >= 0.3 is 5.97 Å². The highest BCUT2D eigenvalue weighted by Crippen LogP contribution is 2.35. The second-order valence-corrected chi connectivity index (χ2v) is 8.61. The van der Waals surface area contributed by atoms with Crippen molar-refractivity contribution in [2.45, 2.75) is 51.6 Å². The summed E-state index contributed by atoms with van der Waals surface area (Å²) < 4.78 is 15.9. The van der Waals surface area contributed by atoms with Crippen LogP contribution >= 0.6 is 0 Å². The maximum Gasteiger partial charge on any atom is 0.338 e. The lowest BCUT2D eigenvalue weighted by Crippen LogP contribution is -2.42. The lowest BCUT2D eigenvalue weighted by molar-refractivity contribution is 0.0600. The van der Waals surface area contributed by atoms with Crippen molar-refractivity contribution in [1.29, 1.82) is 0 Å². The molecule has 0 heterocycles. The summed E-state index contributed by atoms with van der Waals surface area (Å²) in [5.41, 5.74) is 4.75. The van der Waals surface area contributed by atoms with Crippen molar-refractivity contribution in [1.82, 2.24) is 5.32 Å². The third-order valence-electron chi connectivity index (χ3n) is 6.73. The molecule has 1 aliphatic rings. The largest absolute Gasteiger partial charge is 0.491 e. The monoisotopic (exact) mass is 454 g/mol. The van der Waals surface area contributed by atoms with Crippen LogP contribution in [0.5, 0.6) is 5.75 Å². The molecule has 1 N–H and O–H groups in total. The lowest BCUT2D eigenvalue weighted by Gasteiger charge is -2.39. The van der Waals surface area contributed by atoms with Crippen LogP contribution in [0.1, 0.15) is 48.5 Å². The first-order valence-electron chi connectivity index (χ1n) is 11.9. The number of hydrogen-bond donors (Lipinski definition) is 1. The van der Waals surface area contributed by atoms with Crippen molar-refractivity contribution >= 4 is 11.7 Å². The molecule has 0 spiro atoms. The van der Waals surface area contributed by atoms with Gasteiger partial charge in [0.15, 0.2) is 0 Å². The van der Waals surface area contributed by atoms with E-state index in [1.165, 1.54) is 20.0 Å². The van der Waals surface area contributed by atoms with Crippen LogP contribution in [-0.4, -0.2) is 59.1 Å². The predicted molar refractivity (Wildman–Crippen MR) is 133 cm³/mol. The molecule has 2 aromatic carbocycles. The Morgan fingerprint density at radius 2 is 1.73 bits per heavy atom. The van der Waals surface area contributed by atoms with E-state index in [2.05, 4.69) is 23.2 Å². The lowest BCUT2D eigenvalue weighted by atomic mass is 9.89. The van der Waals surface area contributed by atoms with Crippen LogP contribution in [0.2, 0.25) is 0 Å². The highest BCUT2D eigenvalue weighted by atomic mass is 16.5. The van der Waals surface area contributed by atoms with E-state index < -0.39 is 0 Å². The summed E-state index contributed by atoms with van der Waals surface area (Å²) in [6, 6.07) is 13.2. The van der Waals surface area contributed by atoms with Crippen LogP contribution in [0.3, 0.4) is 0 Å². The molecule has 0 unspecified atom stereocenters.